The van der Waals surface area contributed by atoms with Crippen molar-refractivity contribution < 1.29 is 13.7 Å². The molecule has 15 heavy (non-hydrogen) atoms. The fraction of sp³-hybridized carbons (Fsp3) is 0.286. The van der Waals surface area contributed by atoms with Crippen LogP contribution >= 0.6 is 34.2 Å². The second-order valence-corrected chi connectivity index (χ2v) is 3.82. The van der Waals surface area contributed by atoms with Gasteiger partial charge in [-0.3, -0.25) is 0 Å². The van der Waals surface area contributed by atoms with Crippen LogP contribution in [0.1, 0.15) is 17.6 Å². The lowest BCUT2D eigenvalue weighted by molar-refractivity contribution is -0.389. The Morgan fingerprint density at radius 2 is 2.27 bits per heavy atom. The van der Waals surface area contributed by atoms with Crippen molar-refractivity contribution in [3.63, 3.8) is 0 Å². The Labute approximate surface area is 102 Å². The Hall–Kier alpha value is -0.570. The van der Waals surface area contributed by atoms with Crippen LogP contribution in [0.3, 0.4) is 0 Å². The van der Waals surface area contributed by atoms with Gasteiger partial charge in [-0.15, -0.1) is 11.6 Å². The lowest BCUT2D eigenvalue weighted by atomic mass is 10.1. The molecule has 1 aromatic heterocycles. The average molecular weight is 348 g/mol. The van der Waals surface area contributed by atoms with Gasteiger partial charge in [0.05, 0.1) is 5.88 Å². The summed E-state index contributed by atoms with van der Waals surface area (Å²) in [6.07, 6.45) is -2.80. The number of alkyl halides is 3. The van der Waals surface area contributed by atoms with Gasteiger partial charge in [0.15, 0.2) is 0 Å². The molecule has 82 valence electrons. The van der Waals surface area contributed by atoms with Crippen molar-refractivity contribution in [2.75, 3.05) is 0 Å². The Balaban J connectivity index is 3.38. The summed E-state index contributed by atoms with van der Waals surface area (Å²) in [6.45, 7) is 0. The summed E-state index contributed by atoms with van der Waals surface area (Å²) in [6, 6.07) is 0.755. The molecule has 8 heteroatoms. The van der Waals surface area contributed by atoms with Crippen molar-refractivity contribution in [1.29, 1.82) is 0 Å². The third-order valence-corrected chi connectivity index (χ3v) is 2.81. The molecule has 0 N–H and O–H groups in total. The zero-order valence-corrected chi connectivity index (χ0v) is 10.00. The largest absolute Gasteiger partial charge is 0.365 e. The summed E-state index contributed by atoms with van der Waals surface area (Å²) in [5, 5.41) is 10.4. The highest BCUT2D eigenvalue weighted by Gasteiger charge is 2.23. The van der Waals surface area contributed by atoms with E-state index in [1.165, 1.54) is 0 Å². The lowest BCUT2D eigenvalue weighted by Crippen LogP contribution is -2.02. The minimum atomic E-state index is -2.80. The van der Waals surface area contributed by atoms with Crippen LogP contribution in [0, 0.1) is 13.8 Å². The van der Waals surface area contributed by atoms with Gasteiger partial charge in [0.2, 0.25) is 3.70 Å². The van der Waals surface area contributed by atoms with Gasteiger partial charge in [0.25, 0.3) is 6.43 Å². The van der Waals surface area contributed by atoms with Gasteiger partial charge in [0.1, 0.15) is 0 Å². The number of hydrogen-bond donors (Lipinski definition) is 0. The number of nitrogens with zero attached hydrogens (tertiary/aromatic N) is 2. The van der Waals surface area contributed by atoms with Crippen LogP contribution in [0.5, 0.6) is 0 Å². The van der Waals surface area contributed by atoms with Crippen LogP contribution in [-0.4, -0.2) is 9.91 Å². The molecule has 4 nitrogen and oxygen atoms in total. The van der Waals surface area contributed by atoms with Crippen LogP contribution in [-0.2, 0) is 5.88 Å². The Kier molecular flexibility index (Phi) is 4.14. The summed E-state index contributed by atoms with van der Waals surface area (Å²) in [5.41, 5.74) is -0.297. The molecule has 0 radical (unpaired) electrons. The molecule has 0 bridgehead atoms. The molecule has 0 fully saturated rings. The van der Waals surface area contributed by atoms with Crippen LogP contribution in [0.4, 0.5) is 14.6 Å². The van der Waals surface area contributed by atoms with Crippen LogP contribution in [0.15, 0.2) is 6.07 Å². The van der Waals surface area contributed by atoms with E-state index in [2.05, 4.69) is 4.98 Å². The highest BCUT2D eigenvalue weighted by Crippen LogP contribution is 2.29. The standard InChI is InChI=1S/C7H4ClF2IN2O2/c8-2-4-3(6(9)10)1-5(13(14)15)12-7(4)11/h1,6H,2H2. The smallest absolute Gasteiger partial charge is 0.358 e. The monoisotopic (exact) mass is 348 g/mol. The van der Waals surface area contributed by atoms with Crippen molar-refractivity contribution in [3.05, 3.63) is 31.0 Å². The molecule has 0 aromatic carbocycles. The summed E-state index contributed by atoms with van der Waals surface area (Å²) in [5.74, 6) is -0.744. The van der Waals surface area contributed by atoms with Crippen LogP contribution in [0.25, 0.3) is 0 Å². The molecule has 0 spiro atoms. The van der Waals surface area contributed by atoms with Gasteiger partial charge in [-0.25, -0.2) is 8.78 Å². The molecule has 0 unspecified atom stereocenters. The second-order valence-electron chi connectivity index (χ2n) is 2.53. The third-order valence-electron chi connectivity index (χ3n) is 1.65. The molecular weight excluding hydrogens is 344 g/mol. The highest BCUT2D eigenvalue weighted by molar-refractivity contribution is 14.1. The normalized spacial score (nSPS) is 10.7. The van der Waals surface area contributed by atoms with Crippen molar-refractivity contribution >= 4 is 40.0 Å². The van der Waals surface area contributed by atoms with E-state index in [0.717, 1.165) is 6.07 Å². The summed E-state index contributed by atoms with van der Waals surface area (Å²) >= 11 is 7.11. The summed E-state index contributed by atoms with van der Waals surface area (Å²) in [7, 11) is 0. The summed E-state index contributed by atoms with van der Waals surface area (Å²) < 4.78 is 25.2. The third kappa shape index (κ3) is 2.71. The van der Waals surface area contributed by atoms with Crippen molar-refractivity contribution in [3.8, 4) is 0 Å². The second kappa shape index (κ2) is 4.97. The number of nitro groups is 1. The molecule has 0 aliphatic carbocycles. The maximum atomic E-state index is 12.5. The zero-order chi connectivity index (χ0) is 11.6. The number of aromatic nitrogens is 1. The first-order chi connectivity index (χ1) is 6.97. The Bertz CT molecular complexity index is 403. The molecular formula is C7H4ClF2IN2O2. The first-order valence-corrected chi connectivity index (χ1v) is 5.26. The molecule has 0 saturated carbocycles. The van der Waals surface area contributed by atoms with E-state index >= 15 is 0 Å². The van der Waals surface area contributed by atoms with Gasteiger partial charge in [-0.05, 0) is 9.91 Å². The summed E-state index contributed by atoms with van der Waals surface area (Å²) in [4.78, 5) is 13.1. The number of hydrogen-bond acceptors (Lipinski definition) is 3. The first-order valence-electron chi connectivity index (χ1n) is 3.65. The molecule has 0 saturated heterocycles. The van der Waals surface area contributed by atoms with Gasteiger partial charge in [-0.1, -0.05) is 0 Å². The maximum Gasteiger partial charge on any atom is 0.365 e. The predicted octanol–water partition coefficient (Wildman–Crippen LogP) is 3.27. The molecule has 1 aromatic rings. The van der Waals surface area contributed by atoms with E-state index in [4.69, 9.17) is 11.6 Å². The molecule has 0 atom stereocenters. The van der Waals surface area contributed by atoms with E-state index in [9.17, 15) is 18.9 Å². The number of pyridine rings is 1. The van der Waals surface area contributed by atoms with Crippen molar-refractivity contribution in [2.45, 2.75) is 12.3 Å². The van der Waals surface area contributed by atoms with E-state index in [0.29, 0.717) is 0 Å². The molecule has 1 rings (SSSR count). The first kappa shape index (κ1) is 12.5. The quantitative estimate of drug-likeness (QED) is 0.277. The van der Waals surface area contributed by atoms with Crippen molar-refractivity contribution in [2.24, 2.45) is 0 Å². The predicted molar refractivity (Wildman–Crippen MR) is 58.1 cm³/mol. The molecule has 1 heterocycles. The zero-order valence-electron chi connectivity index (χ0n) is 7.08. The van der Waals surface area contributed by atoms with Gasteiger partial charge >= 0.3 is 5.82 Å². The van der Waals surface area contributed by atoms with E-state index in [1.54, 1.807) is 22.6 Å². The van der Waals surface area contributed by atoms with Crippen molar-refractivity contribution in [1.82, 2.24) is 4.98 Å². The van der Waals surface area contributed by atoms with E-state index < -0.39 is 22.7 Å². The van der Waals surface area contributed by atoms with Gasteiger partial charge in [0, 0.05) is 39.8 Å². The number of rotatable bonds is 3. The van der Waals surface area contributed by atoms with Gasteiger partial charge in [-0.2, -0.15) is 0 Å². The van der Waals surface area contributed by atoms with E-state index in [-0.39, 0.29) is 15.1 Å². The lowest BCUT2D eigenvalue weighted by Gasteiger charge is -2.05. The Morgan fingerprint density at radius 3 is 2.67 bits per heavy atom. The van der Waals surface area contributed by atoms with Gasteiger partial charge < -0.3 is 10.1 Å². The topological polar surface area (TPSA) is 56.0 Å². The highest BCUT2D eigenvalue weighted by atomic mass is 127. The average Bonchev–Trinajstić information content (AvgIpc) is 2.16. The Morgan fingerprint density at radius 1 is 1.67 bits per heavy atom. The van der Waals surface area contributed by atoms with E-state index in [1.807, 2.05) is 0 Å². The maximum absolute atomic E-state index is 12.5. The fourth-order valence-corrected chi connectivity index (χ4v) is 2.22. The minimum Gasteiger partial charge on any atom is -0.358 e. The fourth-order valence-electron chi connectivity index (χ4n) is 0.966. The SMILES string of the molecule is O=[N+]([O-])c1cc(C(F)F)c(CCl)c(I)n1. The number of halogens is 4. The van der Waals surface area contributed by atoms with Crippen LogP contribution in [0.2, 0.25) is 0 Å². The van der Waals surface area contributed by atoms with Crippen LogP contribution < -0.4 is 0 Å². The molecule has 0 aliphatic heterocycles. The molecule has 0 aliphatic rings. The molecule has 0 amide bonds. The minimum absolute atomic E-state index is 0.132.